The van der Waals surface area contributed by atoms with Gasteiger partial charge in [-0.25, -0.2) is 14.4 Å². The van der Waals surface area contributed by atoms with Gasteiger partial charge in [-0.15, -0.1) is 0 Å². The van der Waals surface area contributed by atoms with Crippen molar-refractivity contribution in [2.45, 2.75) is 115 Å². The number of carbonyl (C=O) groups excluding carboxylic acids is 9. The van der Waals surface area contributed by atoms with Crippen molar-refractivity contribution < 1.29 is 109 Å². The highest BCUT2D eigenvalue weighted by molar-refractivity contribution is 5.90. The highest BCUT2D eigenvalue weighted by Gasteiger charge is 2.61. The van der Waals surface area contributed by atoms with Crippen molar-refractivity contribution in [1.29, 1.82) is 0 Å². The van der Waals surface area contributed by atoms with Crippen molar-refractivity contribution >= 4 is 53.7 Å². The van der Waals surface area contributed by atoms with E-state index in [0.717, 1.165) is 41.7 Å². The molecule has 24 heteroatoms. The van der Waals surface area contributed by atoms with E-state index in [1.165, 1.54) is 43.5 Å². The van der Waals surface area contributed by atoms with Crippen LogP contribution in [0.4, 0.5) is 0 Å². The number of hydrogen-bond donors (Lipinski definition) is 1. The Balaban J connectivity index is 1.53. The largest absolute Gasteiger partial charge is 0.497 e. The zero-order chi connectivity index (χ0) is 57.9. The molecule has 4 aromatic rings. The Hall–Kier alpha value is -8.45. The van der Waals surface area contributed by atoms with Gasteiger partial charge in [0.25, 0.3) is 11.7 Å². The first-order valence-corrected chi connectivity index (χ1v) is 24.9. The van der Waals surface area contributed by atoms with E-state index in [4.69, 9.17) is 66.3 Å². The first-order chi connectivity index (χ1) is 38.3. The summed E-state index contributed by atoms with van der Waals surface area (Å²) in [5.41, 5.74) is 0.802. The molecule has 24 nitrogen and oxygen atoms in total. The quantitative estimate of drug-likeness (QED) is 0.0768. The van der Waals surface area contributed by atoms with Crippen LogP contribution in [0, 0.1) is 0 Å². The molecule has 2 aliphatic heterocycles. The molecule has 0 bridgehead atoms. The van der Waals surface area contributed by atoms with Crippen LogP contribution in [-0.4, -0.2) is 155 Å². The van der Waals surface area contributed by atoms with Crippen molar-refractivity contribution in [3.05, 3.63) is 132 Å². The zero-order valence-corrected chi connectivity index (χ0v) is 44.7. The van der Waals surface area contributed by atoms with Crippen molar-refractivity contribution in [3.8, 4) is 11.5 Å². The summed E-state index contributed by atoms with van der Waals surface area (Å²) in [4.78, 5) is 119. The average Bonchev–Trinajstić information content (AvgIpc) is 3.61. The van der Waals surface area contributed by atoms with Crippen LogP contribution in [0.2, 0.25) is 0 Å². The lowest BCUT2D eigenvalue weighted by Crippen LogP contribution is -2.70. The van der Waals surface area contributed by atoms with E-state index >= 15 is 0 Å². The third-order valence-corrected chi connectivity index (χ3v) is 12.0. The second-order valence-electron chi connectivity index (χ2n) is 18.0. The second-order valence-corrected chi connectivity index (χ2v) is 18.0. The molecule has 11 unspecified atom stereocenters. The van der Waals surface area contributed by atoms with E-state index in [0.29, 0.717) is 11.3 Å². The molecule has 1 amide bonds. The first kappa shape index (κ1) is 60.8. The molecule has 0 spiro atoms. The number of hydrogen-bond acceptors (Lipinski definition) is 23. The summed E-state index contributed by atoms with van der Waals surface area (Å²) in [5.74, 6) is -11.2. The maximum Gasteiger partial charge on any atom is 0.366 e. The summed E-state index contributed by atoms with van der Waals surface area (Å²) in [6, 6.07) is 29.1. The highest BCUT2D eigenvalue weighted by atomic mass is 16.8. The predicted octanol–water partition coefficient (Wildman–Crippen LogP) is 3.92. The Bertz CT molecular complexity index is 2760. The van der Waals surface area contributed by atoms with Gasteiger partial charge in [0, 0.05) is 34.6 Å². The molecule has 4 aromatic carbocycles. The monoisotopic (exact) mass is 1120 g/mol. The van der Waals surface area contributed by atoms with E-state index in [-0.39, 0.29) is 23.5 Å². The van der Waals surface area contributed by atoms with E-state index in [1.54, 1.807) is 78.9 Å². The topological polar surface area (TPSA) is 295 Å². The molecule has 0 aliphatic carbocycles. The molecule has 0 saturated carbocycles. The van der Waals surface area contributed by atoms with Crippen molar-refractivity contribution in [2.75, 3.05) is 34.0 Å². The van der Waals surface area contributed by atoms with Gasteiger partial charge in [0.1, 0.15) is 42.5 Å². The molecule has 11 atom stereocenters. The van der Waals surface area contributed by atoms with Crippen LogP contribution < -0.4 is 14.8 Å². The van der Waals surface area contributed by atoms with Crippen molar-refractivity contribution in [2.24, 2.45) is 0 Å². The summed E-state index contributed by atoms with van der Waals surface area (Å²) in [6.45, 7) is 2.20. The molecular weight excluding hydrogens is 1050 g/mol. The average molecular weight is 1120 g/mol. The van der Waals surface area contributed by atoms with Gasteiger partial charge in [0.05, 0.1) is 51.0 Å². The fourth-order valence-electron chi connectivity index (χ4n) is 8.58. The van der Waals surface area contributed by atoms with Crippen molar-refractivity contribution in [1.82, 2.24) is 5.32 Å². The maximum absolute atomic E-state index is 14.6. The summed E-state index contributed by atoms with van der Waals surface area (Å²) in [7, 11) is 2.41. The number of nitrogens with one attached hydrogen (secondary N) is 1. The minimum atomic E-state index is -2.85. The number of benzene rings is 4. The van der Waals surface area contributed by atoms with Crippen LogP contribution in [0.3, 0.4) is 0 Å². The Morgan fingerprint density at radius 3 is 1.73 bits per heavy atom. The predicted molar refractivity (Wildman–Crippen MR) is 271 cm³/mol. The minimum Gasteiger partial charge on any atom is -0.497 e. The van der Waals surface area contributed by atoms with E-state index in [2.05, 4.69) is 5.32 Å². The number of esters is 8. The first-order valence-electron chi connectivity index (χ1n) is 24.9. The van der Waals surface area contributed by atoms with Crippen molar-refractivity contribution in [3.63, 3.8) is 0 Å². The molecule has 428 valence electrons. The van der Waals surface area contributed by atoms with E-state index < -0.39 is 147 Å². The molecule has 0 radical (unpaired) electrons. The smallest absolute Gasteiger partial charge is 0.366 e. The van der Waals surface area contributed by atoms with Gasteiger partial charge in [-0.05, 0) is 54.1 Å². The highest BCUT2D eigenvalue weighted by Crippen LogP contribution is 2.39. The van der Waals surface area contributed by atoms with Gasteiger partial charge < -0.3 is 71.6 Å². The van der Waals surface area contributed by atoms with Crippen LogP contribution >= 0.6 is 0 Å². The third-order valence-electron chi connectivity index (χ3n) is 12.0. The summed E-state index contributed by atoms with van der Waals surface area (Å²) < 4.78 is 83.1. The molecule has 2 heterocycles. The number of rotatable bonds is 24. The third kappa shape index (κ3) is 17.0. The molecule has 0 aromatic heterocycles. The fraction of sp³-hybridized carbons (Fsp3) is 0.411. The molecule has 2 saturated heterocycles. The van der Waals surface area contributed by atoms with Gasteiger partial charge in [-0.1, -0.05) is 66.7 Å². The van der Waals surface area contributed by atoms with Crippen LogP contribution in [0.25, 0.3) is 0 Å². The Morgan fingerprint density at radius 2 is 1.19 bits per heavy atom. The lowest BCUT2D eigenvalue weighted by molar-refractivity contribution is -0.335. The summed E-state index contributed by atoms with van der Waals surface area (Å²) in [6.07, 6.45) is -16.5. The van der Waals surface area contributed by atoms with Gasteiger partial charge in [0.15, 0.2) is 31.0 Å². The second kappa shape index (κ2) is 29.0. The Kier molecular flexibility index (Phi) is 22.0. The lowest BCUT2D eigenvalue weighted by Gasteiger charge is -2.49. The zero-order valence-electron chi connectivity index (χ0n) is 44.7. The van der Waals surface area contributed by atoms with Crippen LogP contribution in [0.5, 0.6) is 11.5 Å². The lowest BCUT2D eigenvalue weighted by atomic mass is 9.87. The Labute approximate surface area is 459 Å². The van der Waals surface area contributed by atoms with E-state index in [9.17, 15) is 43.2 Å². The van der Waals surface area contributed by atoms with Gasteiger partial charge in [-0.3, -0.25) is 28.8 Å². The molecule has 6 rings (SSSR count). The van der Waals surface area contributed by atoms with E-state index in [1.807, 2.05) is 0 Å². The number of carbonyl (C=O) groups is 9. The number of methoxy groups -OCH3 is 2. The Morgan fingerprint density at radius 1 is 0.625 bits per heavy atom. The normalized spacial score (nSPS) is 23.0. The number of amides is 1. The summed E-state index contributed by atoms with van der Waals surface area (Å²) >= 11 is 0. The standard InChI is InChI=1S/C56H61NO23/c1-32(58)69-29-43(74-35(4)61)47(75-36(5)62)49-46(57-45(63)31-70-33(2)59)42(73-34(3)60)27-56(80-49,55(66)68-7)72-30-44-48(78-52(64)38-19-13-9-14-20-38)50(71-28-37-17-11-8-12-18-37)51(79-53(65)39-21-15-10-16-22-39)54(77-44)76-41-25-23-40(67-6)24-26-41/h8-26,42-44,46-51,54H,27-31H2,1-7H3,(H,57,63). The molecule has 2 fully saturated rings. The maximum atomic E-state index is 14.6. The van der Waals surface area contributed by atoms with Crippen LogP contribution in [-0.2, 0) is 97.0 Å². The fourth-order valence-corrected chi connectivity index (χ4v) is 8.58. The van der Waals surface area contributed by atoms with Gasteiger partial charge >= 0.3 is 47.8 Å². The van der Waals surface area contributed by atoms with Gasteiger partial charge in [-0.2, -0.15) is 0 Å². The van der Waals surface area contributed by atoms with Gasteiger partial charge in [0.2, 0.25) is 6.29 Å². The SMILES string of the molecule is COC(=O)C1(OCC2OC(Oc3ccc(OC)cc3)C(OC(=O)c3ccccc3)C(OCc3ccccc3)C2OC(=O)c2ccccc2)CC(OC(C)=O)C(NC(=O)COC(C)=O)C(C(OC(C)=O)C(COC(C)=O)OC(C)=O)O1. The molecule has 80 heavy (non-hydrogen) atoms. The van der Waals surface area contributed by atoms with Crippen LogP contribution in [0.1, 0.15) is 67.3 Å². The number of ether oxygens (including phenoxy) is 14. The molecule has 1 N–H and O–H groups in total. The molecular formula is C56H61NO23. The molecule has 2 aliphatic rings. The summed E-state index contributed by atoms with van der Waals surface area (Å²) in [5, 5.41) is 2.52. The minimum absolute atomic E-state index is 0.0616. The van der Waals surface area contributed by atoms with Crippen LogP contribution in [0.15, 0.2) is 115 Å².